The Bertz CT molecular complexity index is 917. The Morgan fingerprint density at radius 2 is 1.84 bits per heavy atom. The molecule has 0 radical (unpaired) electrons. The predicted molar refractivity (Wildman–Crippen MR) is 95.0 cm³/mol. The highest BCUT2D eigenvalue weighted by Gasteiger charge is 2.15. The second-order valence-electron chi connectivity index (χ2n) is 5.53. The van der Waals surface area contributed by atoms with Crippen molar-refractivity contribution < 1.29 is 13.9 Å². The van der Waals surface area contributed by atoms with Gasteiger partial charge in [-0.3, -0.25) is 4.79 Å². The Kier molecular flexibility index (Phi) is 4.76. The molecule has 0 saturated heterocycles. The van der Waals surface area contributed by atoms with Crippen molar-refractivity contribution >= 4 is 22.9 Å². The van der Waals surface area contributed by atoms with Crippen LogP contribution in [0.4, 0.5) is 10.1 Å². The molecule has 0 atom stereocenters. The molecule has 0 saturated carbocycles. The first-order chi connectivity index (χ1) is 11.9. The molecular formula is C18H16FN3O2S. The quantitative estimate of drug-likeness (QED) is 0.738. The number of benzene rings is 1. The van der Waals surface area contributed by atoms with Gasteiger partial charge >= 0.3 is 6.01 Å². The summed E-state index contributed by atoms with van der Waals surface area (Å²) in [6, 6.07) is 7.89. The van der Waals surface area contributed by atoms with Crippen molar-refractivity contribution in [2.24, 2.45) is 0 Å². The topological polar surface area (TPSA) is 64.1 Å². The third-order valence-electron chi connectivity index (χ3n) is 3.48. The minimum Gasteiger partial charge on any atom is -0.421 e. The molecule has 3 rings (SSSR count). The first kappa shape index (κ1) is 17.0. The van der Waals surface area contributed by atoms with Crippen molar-refractivity contribution in [2.45, 2.75) is 20.8 Å². The molecule has 0 bridgehead atoms. The number of halogens is 1. The minimum atomic E-state index is -0.494. The number of anilines is 1. The number of carbonyl (C=O) groups is 1. The highest BCUT2D eigenvalue weighted by Crippen LogP contribution is 2.26. The summed E-state index contributed by atoms with van der Waals surface area (Å²) in [6.45, 7) is 5.40. The number of aryl methyl sites for hydroxylation is 3. The molecule has 3 aromatic rings. The third-order valence-corrected chi connectivity index (χ3v) is 4.53. The Morgan fingerprint density at radius 3 is 2.44 bits per heavy atom. The second-order valence-corrected chi connectivity index (χ2v) is 6.44. The van der Waals surface area contributed by atoms with E-state index in [1.54, 1.807) is 26.0 Å². The fourth-order valence-electron chi connectivity index (χ4n) is 2.26. The average molecular weight is 357 g/mol. The molecule has 1 aromatic carbocycles. The smallest absolute Gasteiger partial charge is 0.322 e. The molecule has 0 aliphatic carbocycles. The lowest BCUT2D eigenvalue weighted by Gasteiger charge is -2.12. The molecule has 1 amide bonds. The van der Waals surface area contributed by atoms with E-state index in [9.17, 15) is 9.18 Å². The molecule has 7 heteroatoms. The van der Waals surface area contributed by atoms with Gasteiger partial charge in [0.25, 0.3) is 5.91 Å². The van der Waals surface area contributed by atoms with Crippen LogP contribution in [0.25, 0.3) is 0 Å². The van der Waals surface area contributed by atoms with E-state index >= 15 is 0 Å². The van der Waals surface area contributed by atoms with Gasteiger partial charge < -0.3 is 10.1 Å². The summed E-state index contributed by atoms with van der Waals surface area (Å²) in [5.74, 6) is -0.658. The number of ether oxygens (including phenoxy) is 1. The van der Waals surface area contributed by atoms with E-state index in [0.717, 1.165) is 5.56 Å². The molecule has 1 N–H and O–H groups in total. The van der Waals surface area contributed by atoms with Crippen LogP contribution in [0, 0.1) is 26.6 Å². The standard InChI is InChI=1S/C18H16FN3O2S/c1-10-8-15(25-9-10)17(23)22-16-11(2)20-18(21-12(16)3)24-14-7-5-4-6-13(14)19/h4-9H,1-3H3,(H,22,23). The van der Waals surface area contributed by atoms with Crippen molar-refractivity contribution in [3.8, 4) is 11.8 Å². The number of amides is 1. The molecule has 0 unspecified atom stereocenters. The molecule has 0 aliphatic heterocycles. The highest BCUT2D eigenvalue weighted by molar-refractivity contribution is 7.12. The van der Waals surface area contributed by atoms with Crippen molar-refractivity contribution in [1.29, 1.82) is 0 Å². The number of nitrogens with zero attached hydrogens (tertiary/aromatic N) is 2. The molecule has 2 aromatic heterocycles. The number of hydrogen-bond acceptors (Lipinski definition) is 5. The molecular weight excluding hydrogens is 341 g/mol. The molecule has 128 valence electrons. The fraction of sp³-hybridized carbons (Fsp3) is 0.167. The molecule has 0 aliphatic rings. The van der Waals surface area contributed by atoms with Crippen LogP contribution >= 0.6 is 11.3 Å². The Morgan fingerprint density at radius 1 is 1.16 bits per heavy atom. The van der Waals surface area contributed by atoms with E-state index in [1.807, 2.05) is 18.4 Å². The molecule has 2 heterocycles. The zero-order chi connectivity index (χ0) is 18.0. The molecule has 25 heavy (non-hydrogen) atoms. The predicted octanol–water partition coefficient (Wildman–Crippen LogP) is 4.65. The van der Waals surface area contributed by atoms with Gasteiger partial charge in [0, 0.05) is 0 Å². The maximum atomic E-state index is 13.7. The van der Waals surface area contributed by atoms with Crippen molar-refractivity contribution in [2.75, 3.05) is 5.32 Å². The number of nitrogens with one attached hydrogen (secondary N) is 1. The van der Waals surface area contributed by atoms with Gasteiger partial charge in [0.05, 0.1) is 22.0 Å². The van der Waals surface area contributed by atoms with Crippen LogP contribution in [-0.4, -0.2) is 15.9 Å². The Hall–Kier alpha value is -2.80. The Labute approximate surface area is 148 Å². The van der Waals surface area contributed by atoms with Crippen LogP contribution in [0.3, 0.4) is 0 Å². The summed E-state index contributed by atoms with van der Waals surface area (Å²) in [7, 11) is 0. The monoisotopic (exact) mass is 357 g/mol. The first-order valence-corrected chi connectivity index (χ1v) is 8.46. The minimum absolute atomic E-state index is 0.0325. The number of para-hydroxylation sites is 1. The third kappa shape index (κ3) is 3.83. The van der Waals surface area contributed by atoms with Crippen LogP contribution in [0.15, 0.2) is 35.7 Å². The van der Waals surface area contributed by atoms with E-state index in [0.29, 0.717) is 22.0 Å². The lowest BCUT2D eigenvalue weighted by atomic mass is 10.2. The zero-order valence-electron chi connectivity index (χ0n) is 14.0. The number of rotatable bonds is 4. The maximum Gasteiger partial charge on any atom is 0.322 e. The van der Waals surface area contributed by atoms with Crippen molar-refractivity contribution in [3.63, 3.8) is 0 Å². The van der Waals surface area contributed by atoms with Gasteiger partial charge in [0.2, 0.25) is 0 Å². The molecule has 0 spiro atoms. The van der Waals surface area contributed by atoms with Gasteiger partial charge in [0.15, 0.2) is 11.6 Å². The van der Waals surface area contributed by atoms with Crippen molar-refractivity contribution in [3.05, 3.63) is 63.4 Å². The zero-order valence-corrected chi connectivity index (χ0v) is 14.8. The number of hydrogen-bond donors (Lipinski definition) is 1. The van der Waals surface area contributed by atoms with Crippen LogP contribution in [0.2, 0.25) is 0 Å². The van der Waals surface area contributed by atoms with E-state index in [4.69, 9.17) is 4.74 Å². The van der Waals surface area contributed by atoms with Gasteiger partial charge in [-0.05, 0) is 49.9 Å². The first-order valence-electron chi connectivity index (χ1n) is 7.58. The second kappa shape index (κ2) is 6.98. The molecule has 5 nitrogen and oxygen atoms in total. The summed E-state index contributed by atoms with van der Waals surface area (Å²) in [5, 5.41) is 4.74. The normalized spacial score (nSPS) is 10.6. The summed E-state index contributed by atoms with van der Waals surface area (Å²) in [5.41, 5.74) is 2.64. The SMILES string of the molecule is Cc1csc(C(=O)Nc2c(C)nc(Oc3ccccc3F)nc2C)c1. The van der Waals surface area contributed by atoms with Gasteiger partial charge in [-0.1, -0.05) is 12.1 Å². The number of carbonyl (C=O) groups excluding carboxylic acids is 1. The van der Waals surface area contributed by atoms with E-state index in [1.165, 1.54) is 23.5 Å². The maximum absolute atomic E-state index is 13.7. The van der Waals surface area contributed by atoms with Gasteiger partial charge in [0.1, 0.15) is 0 Å². The summed E-state index contributed by atoms with van der Waals surface area (Å²) < 4.78 is 19.1. The van der Waals surface area contributed by atoms with Crippen LogP contribution in [-0.2, 0) is 0 Å². The van der Waals surface area contributed by atoms with Crippen LogP contribution in [0.5, 0.6) is 11.8 Å². The van der Waals surface area contributed by atoms with Gasteiger partial charge in [-0.2, -0.15) is 9.97 Å². The highest BCUT2D eigenvalue weighted by atomic mass is 32.1. The fourth-order valence-corrected chi connectivity index (χ4v) is 3.06. The summed E-state index contributed by atoms with van der Waals surface area (Å²) in [6.07, 6.45) is 0. The van der Waals surface area contributed by atoms with Gasteiger partial charge in [-0.25, -0.2) is 4.39 Å². The average Bonchev–Trinajstić information content (AvgIpc) is 3.00. The summed E-state index contributed by atoms with van der Waals surface area (Å²) in [4.78, 5) is 21.4. The van der Waals surface area contributed by atoms with E-state index < -0.39 is 5.82 Å². The lowest BCUT2D eigenvalue weighted by Crippen LogP contribution is -2.14. The van der Waals surface area contributed by atoms with Crippen LogP contribution < -0.4 is 10.1 Å². The largest absolute Gasteiger partial charge is 0.421 e. The van der Waals surface area contributed by atoms with Crippen molar-refractivity contribution in [1.82, 2.24) is 9.97 Å². The van der Waals surface area contributed by atoms with E-state index in [-0.39, 0.29) is 17.7 Å². The lowest BCUT2D eigenvalue weighted by molar-refractivity contribution is 0.103. The van der Waals surface area contributed by atoms with Crippen LogP contribution in [0.1, 0.15) is 26.6 Å². The molecule has 0 fully saturated rings. The Balaban J connectivity index is 1.83. The van der Waals surface area contributed by atoms with Gasteiger partial charge in [-0.15, -0.1) is 11.3 Å². The number of thiophene rings is 1. The van der Waals surface area contributed by atoms with E-state index in [2.05, 4.69) is 15.3 Å². The number of aromatic nitrogens is 2. The summed E-state index contributed by atoms with van der Waals surface area (Å²) >= 11 is 1.38.